The summed E-state index contributed by atoms with van der Waals surface area (Å²) in [5.74, 6) is -3.06. The standard InChI is InChI=1S/C16H19N3O7/c1-8-4-10-5-9(7-14(21)22)6-12(19(25)26)15(10)18(8)13(20)3-2-11(17)16(23)24/h5-6,8,11H,2-4,7,17H2,1H3,(H,21,22)(H,23,24)/p-1. The topological polar surface area (TPSA) is 167 Å². The number of carbonyl (C=O) groups is 3. The van der Waals surface area contributed by atoms with E-state index in [0.29, 0.717) is 12.0 Å². The Hall–Kier alpha value is -3.01. The Morgan fingerprint density at radius 3 is 2.62 bits per heavy atom. The summed E-state index contributed by atoms with van der Waals surface area (Å²) in [6.45, 7) is 1.71. The lowest BCUT2D eigenvalue weighted by Gasteiger charge is -2.23. The molecule has 2 atom stereocenters. The van der Waals surface area contributed by atoms with Crippen molar-refractivity contribution >= 4 is 29.2 Å². The van der Waals surface area contributed by atoms with Gasteiger partial charge in [0.05, 0.1) is 4.92 Å². The molecule has 140 valence electrons. The minimum atomic E-state index is -1.36. The number of hydrogen-bond donors (Lipinski definition) is 2. The van der Waals surface area contributed by atoms with Gasteiger partial charge in [-0.2, -0.15) is 0 Å². The van der Waals surface area contributed by atoms with Crippen molar-refractivity contribution in [2.45, 2.75) is 44.7 Å². The fourth-order valence-corrected chi connectivity index (χ4v) is 3.11. The molecular formula is C16H18N3O7-. The number of anilines is 1. The van der Waals surface area contributed by atoms with Crippen LogP contribution in [0.4, 0.5) is 11.4 Å². The highest BCUT2D eigenvalue weighted by molar-refractivity contribution is 5.99. The number of fused-ring (bicyclic) bond motifs is 1. The van der Waals surface area contributed by atoms with Crippen LogP contribution in [0.1, 0.15) is 30.9 Å². The number of nitro benzene ring substituents is 1. The molecule has 10 heteroatoms. The van der Waals surface area contributed by atoms with Crippen molar-refractivity contribution in [3.63, 3.8) is 0 Å². The summed E-state index contributed by atoms with van der Waals surface area (Å²) in [5, 5.41) is 31.0. The summed E-state index contributed by atoms with van der Waals surface area (Å²) in [5.41, 5.74) is 5.88. The van der Waals surface area contributed by atoms with Gasteiger partial charge in [-0.3, -0.25) is 19.7 Å². The number of nitro groups is 1. The molecule has 0 fully saturated rings. The summed E-state index contributed by atoms with van der Waals surface area (Å²) in [7, 11) is 0. The molecule has 0 saturated heterocycles. The minimum Gasteiger partial charge on any atom is -0.550 e. The highest BCUT2D eigenvalue weighted by Crippen LogP contribution is 2.41. The number of rotatable bonds is 7. The van der Waals surface area contributed by atoms with E-state index < -0.39 is 35.2 Å². The molecule has 2 rings (SSSR count). The summed E-state index contributed by atoms with van der Waals surface area (Å²) >= 11 is 0. The first kappa shape index (κ1) is 19.3. The molecule has 2 unspecified atom stereocenters. The Labute approximate surface area is 148 Å². The van der Waals surface area contributed by atoms with Crippen molar-refractivity contribution in [3.8, 4) is 0 Å². The maximum absolute atomic E-state index is 12.5. The molecule has 1 amide bonds. The molecular weight excluding hydrogens is 346 g/mol. The maximum Gasteiger partial charge on any atom is 0.320 e. The van der Waals surface area contributed by atoms with Gasteiger partial charge in [-0.15, -0.1) is 0 Å². The fraction of sp³-hybridized carbons (Fsp3) is 0.438. The zero-order chi connectivity index (χ0) is 19.6. The fourth-order valence-electron chi connectivity index (χ4n) is 3.11. The van der Waals surface area contributed by atoms with Gasteiger partial charge in [-0.1, -0.05) is 6.07 Å². The Kier molecular flexibility index (Phi) is 5.56. The molecule has 1 aromatic rings. The van der Waals surface area contributed by atoms with E-state index in [1.807, 2.05) is 0 Å². The lowest BCUT2D eigenvalue weighted by molar-refractivity contribution is -0.384. The van der Waals surface area contributed by atoms with Crippen LogP contribution in [-0.2, 0) is 27.2 Å². The van der Waals surface area contributed by atoms with Gasteiger partial charge >= 0.3 is 5.97 Å². The molecule has 0 aliphatic carbocycles. The van der Waals surface area contributed by atoms with Gasteiger partial charge in [-0.05, 0) is 30.9 Å². The predicted molar refractivity (Wildman–Crippen MR) is 87.3 cm³/mol. The lowest BCUT2D eigenvalue weighted by Crippen LogP contribution is -2.38. The third-order valence-corrected chi connectivity index (χ3v) is 4.23. The number of nitrogens with two attached hydrogens (primary N) is 1. The molecule has 0 saturated carbocycles. The van der Waals surface area contributed by atoms with E-state index in [1.165, 1.54) is 11.0 Å². The van der Waals surface area contributed by atoms with Crippen molar-refractivity contribution in [1.29, 1.82) is 0 Å². The van der Waals surface area contributed by atoms with E-state index >= 15 is 0 Å². The van der Waals surface area contributed by atoms with E-state index in [2.05, 4.69) is 0 Å². The van der Waals surface area contributed by atoms with Crippen LogP contribution >= 0.6 is 0 Å². The second-order valence-corrected chi connectivity index (χ2v) is 6.23. The second-order valence-electron chi connectivity index (χ2n) is 6.23. The largest absolute Gasteiger partial charge is 0.550 e. The number of carbonyl (C=O) groups excluding carboxylic acids is 2. The van der Waals surface area contributed by atoms with E-state index in [9.17, 15) is 29.6 Å². The zero-order valence-corrected chi connectivity index (χ0v) is 14.0. The third kappa shape index (κ3) is 3.97. The van der Waals surface area contributed by atoms with E-state index in [-0.39, 0.29) is 35.8 Å². The van der Waals surface area contributed by atoms with E-state index in [4.69, 9.17) is 10.8 Å². The van der Waals surface area contributed by atoms with Gasteiger partial charge in [0, 0.05) is 30.9 Å². The second kappa shape index (κ2) is 7.48. The van der Waals surface area contributed by atoms with Crippen LogP contribution in [0.5, 0.6) is 0 Å². The predicted octanol–water partition coefficient (Wildman–Crippen LogP) is -0.643. The number of carboxylic acid groups (broad SMARTS) is 2. The highest BCUT2D eigenvalue weighted by Gasteiger charge is 2.37. The van der Waals surface area contributed by atoms with Gasteiger partial charge in [0.1, 0.15) is 11.7 Å². The maximum atomic E-state index is 12.5. The van der Waals surface area contributed by atoms with Gasteiger partial charge in [0.25, 0.3) is 5.69 Å². The first-order valence-corrected chi connectivity index (χ1v) is 7.92. The van der Waals surface area contributed by atoms with Crippen LogP contribution in [0.15, 0.2) is 12.1 Å². The first-order chi connectivity index (χ1) is 12.1. The monoisotopic (exact) mass is 364 g/mol. The molecule has 10 nitrogen and oxygen atoms in total. The van der Waals surface area contributed by atoms with Crippen LogP contribution in [0, 0.1) is 10.1 Å². The Bertz CT molecular complexity index is 777. The minimum absolute atomic E-state index is 0.0940. The third-order valence-electron chi connectivity index (χ3n) is 4.23. The van der Waals surface area contributed by atoms with Crippen LogP contribution in [-0.4, -0.2) is 40.0 Å². The van der Waals surface area contributed by atoms with E-state index in [0.717, 1.165) is 6.07 Å². The van der Waals surface area contributed by atoms with Crippen LogP contribution < -0.4 is 15.7 Å². The van der Waals surface area contributed by atoms with Crippen LogP contribution in [0.3, 0.4) is 0 Å². The highest BCUT2D eigenvalue weighted by atomic mass is 16.6. The average Bonchev–Trinajstić information content (AvgIpc) is 2.86. The van der Waals surface area contributed by atoms with Gasteiger partial charge < -0.3 is 25.6 Å². The number of hydrogen-bond acceptors (Lipinski definition) is 7. The van der Waals surface area contributed by atoms with Gasteiger partial charge in [-0.25, -0.2) is 0 Å². The molecule has 1 aliphatic rings. The molecule has 1 aliphatic heterocycles. The SMILES string of the molecule is CC1Cc2cc(CC(=O)[O-])cc([N+](=O)[O-])c2N1C(=O)CCC(N)C(=O)O. The van der Waals surface area contributed by atoms with Crippen LogP contribution in [0.2, 0.25) is 0 Å². The zero-order valence-electron chi connectivity index (χ0n) is 14.0. The number of benzene rings is 1. The van der Waals surface area contributed by atoms with Crippen molar-refractivity contribution in [2.24, 2.45) is 5.73 Å². The van der Waals surface area contributed by atoms with Crippen molar-refractivity contribution in [3.05, 3.63) is 33.4 Å². The lowest BCUT2D eigenvalue weighted by atomic mass is 10.0. The quantitative estimate of drug-likeness (QED) is 0.475. The van der Waals surface area contributed by atoms with Crippen LogP contribution in [0.25, 0.3) is 0 Å². The molecule has 0 bridgehead atoms. The van der Waals surface area contributed by atoms with Crippen molar-refractivity contribution in [1.82, 2.24) is 0 Å². The molecule has 1 heterocycles. The number of nitrogens with zero attached hydrogens (tertiary/aromatic N) is 2. The Morgan fingerprint density at radius 2 is 2.08 bits per heavy atom. The number of amides is 1. The van der Waals surface area contributed by atoms with Gasteiger partial charge in [0.2, 0.25) is 5.91 Å². The first-order valence-electron chi connectivity index (χ1n) is 7.92. The molecule has 26 heavy (non-hydrogen) atoms. The van der Waals surface area contributed by atoms with Gasteiger partial charge in [0.15, 0.2) is 0 Å². The number of carboxylic acids is 2. The smallest absolute Gasteiger partial charge is 0.320 e. The Morgan fingerprint density at radius 1 is 1.42 bits per heavy atom. The summed E-state index contributed by atoms with van der Waals surface area (Å²) in [4.78, 5) is 46.1. The molecule has 1 aromatic carbocycles. The molecule has 0 spiro atoms. The average molecular weight is 364 g/mol. The summed E-state index contributed by atoms with van der Waals surface area (Å²) < 4.78 is 0. The normalized spacial score (nSPS) is 16.8. The molecule has 0 radical (unpaired) electrons. The molecule has 3 N–H and O–H groups in total. The number of aliphatic carboxylic acids is 2. The van der Waals surface area contributed by atoms with Crippen molar-refractivity contribution in [2.75, 3.05) is 4.90 Å². The van der Waals surface area contributed by atoms with E-state index in [1.54, 1.807) is 6.92 Å². The Balaban J connectivity index is 2.36. The molecule has 0 aromatic heterocycles. The summed E-state index contributed by atoms with van der Waals surface area (Å²) in [6, 6.07) is 1.06. The van der Waals surface area contributed by atoms with Crippen molar-refractivity contribution < 1.29 is 29.5 Å². The summed E-state index contributed by atoms with van der Waals surface area (Å²) in [6.07, 6.45) is -0.407.